The normalized spacial score (nSPS) is 9.64. The van der Waals surface area contributed by atoms with Gasteiger partial charge in [0, 0.05) is 19.1 Å². The molecule has 0 aliphatic heterocycles. The van der Waals surface area contributed by atoms with Gasteiger partial charge in [0.15, 0.2) is 0 Å². The van der Waals surface area contributed by atoms with Crippen molar-refractivity contribution in [2.24, 2.45) is 0 Å². The van der Waals surface area contributed by atoms with Crippen LogP contribution in [0.4, 0.5) is 11.6 Å². The maximum atomic E-state index is 5.61. The zero-order chi connectivity index (χ0) is 10.6. The van der Waals surface area contributed by atoms with E-state index in [1.807, 2.05) is 19.0 Å². The molecule has 1 aromatic rings. The van der Waals surface area contributed by atoms with E-state index in [1.165, 1.54) is 0 Å². The molecule has 14 heavy (non-hydrogen) atoms. The fourth-order valence-corrected chi connectivity index (χ4v) is 0.910. The van der Waals surface area contributed by atoms with Crippen LogP contribution in [0.25, 0.3) is 0 Å². The maximum Gasteiger partial charge on any atom is 0.149 e. The van der Waals surface area contributed by atoms with Crippen LogP contribution < -0.4 is 10.2 Å². The first kappa shape index (κ1) is 10.8. The summed E-state index contributed by atoms with van der Waals surface area (Å²) in [5.74, 6) is 1.49. The van der Waals surface area contributed by atoms with E-state index in [0.29, 0.717) is 17.4 Å². The predicted molar refractivity (Wildman–Crippen MR) is 59.8 cm³/mol. The van der Waals surface area contributed by atoms with Gasteiger partial charge in [0.1, 0.15) is 11.6 Å². The minimum atomic E-state index is 0.493. The Morgan fingerprint density at radius 2 is 2.29 bits per heavy atom. The molecule has 0 unspecified atom stereocenters. The molecular weight excluding hydrogens is 200 g/mol. The van der Waals surface area contributed by atoms with Crippen LogP contribution in [0.5, 0.6) is 0 Å². The second-order valence-corrected chi connectivity index (χ2v) is 3.56. The summed E-state index contributed by atoms with van der Waals surface area (Å²) >= 11 is 5.61. The van der Waals surface area contributed by atoms with Crippen LogP contribution in [0.1, 0.15) is 0 Å². The number of halogens is 1. The van der Waals surface area contributed by atoms with Gasteiger partial charge in [-0.25, -0.2) is 4.98 Å². The number of hydrogen-bond acceptors (Lipinski definition) is 4. The van der Waals surface area contributed by atoms with Crippen LogP contribution in [0, 0.1) is 0 Å². The highest BCUT2D eigenvalue weighted by molar-refractivity contribution is 6.29. The highest BCUT2D eigenvalue weighted by Gasteiger charge is 1.99. The van der Waals surface area contributed by atoms with Crippen LogP contribution >= 0.6 is 11.6 Å². The number of hydrogen-bond donors (Lipinski definition) is 1. The number of nitrogens with zero attached hydrogens (tertiary/aromatic N) is 3. The number of rotatable bonds is 4. The first-order chi connectivity index (χ1) is 6.59. The highest BCUT2D eigenvalue weighted by atomic mass is 35.5. The Bertz CT molecular complexity index is 324. The summed E-state index contributed by atoms with van der Waals surface area (Å²) in [6.45, 7) is 4.07. The molecule has 0 saturated heterocycles. The van der Waals surface area contributed by atoms with Crippen LogP contribution in [0.15, 0.2) is 24.0 Å². The summed E-state index contributed by atoms with van der Waals surface area (Å²) in [5.41, 5.74) is 0. The number of nitrogens with one attached hydrogen (secondary N) is 1. The zero-order valence-corrected chi connectivity index (χ0v) is 9.04. The molecule has 5 heteroatoms. The lowest BCUT2D eigenvalue weighted by Crippen LogP contribution is -2.12. The fourth-order valence-electron chi connectivity index (χ4n) is 0.843. The van der Waals surface area contributed by atoms with Crippen LogP contribution in [-0.2, 0) is 0 Å². The predicted octanol–water partition coefficient (Wildman–Crippen LogP) is 1.71. The lowest BCUT2D eigenvalue weighted by molar-refractivity contribution is 1.03. The largest absolute Gasteiger partial charge is 0.364 e. The van der Waals surface area contributed by atoms with E-state index in [1.54, 1.807) is 12.4 Å². The average molecular weight is 213 g/mol. The Morgan fingerprint density at radius 1 is 1.57 bits per heavy atom. The quantitative estimate of drug-likeness (QED) is 0.825. The summed E-state index contributed by atoms with van der Waals surface area (Å²) in [6, 6.07) is 0. The second kappa shape index (κ2) is 4.81. The molecule has 0 atom stereocenters. The molecule has 0 amide bonds. The standard InChI is InChI=1S/C9H13ClN4/c1-7(10)4-12-8-5-11-6-9(13-8)14(2)3/h5-6H,1,4H2,2-3H3,(H,12,13). The Kier molecular flexibility index (Phi) is 3.71. The van der Waals surface area contributed by atoms with Crippen molar-refractivity contribution in [3.8, 4) is 0 Å². The summed E-state index contributed by atoms with van der Waals surface area (Å²) in [7, 11) is 3.82. The third-order valence-electron chi connectivity index (χ3n) is 1.54. The molecule has 76 valence electrons. The van der Waals surface area contributed by atoms with Crippen molar-refractivity contribution in [3.05, 3.63) is 24.0 Å². The SMILES string of the molecule is C=C(Cl)CNc1cncc(N(C)C)n1. The summed E-state index contributed by atoms with van der Waals surface area (Å²) in [4.78, 5) is 10.2. The van der Waals surface area contributed by atoms with Crippen molar-refractivity contribution in [2.45, 2.75) is 0 Å². The van der Waals surface area contributed by atoms with Gasteiger partial charge in [0.25, 0.3) is 0 Å². The van der Waals surface area contributed by atoms with Gasteiger partial charge in [0.05, 0.1) is 18.9 Å². The van der Waals surface area contributed by atoms with Gasteiger partial charge < -0.3 is 10.2 Å². The Balaban J connectivity index is 2.68. The lowest BCUT2D eigenvalue weighted by atomic mass is 10.5. The van der Waals surface area contributed by atoms with Crippen LogP contribution in [0.3, 0.4) is 0 Å². The van der Waals surface area contributed by atoms with E-state index >= 15 is 0 Å². The molecule has 0 radical (unpaired) electrons. The number of aromatic nitrogens is 2. The monoisotopic (exact) mass is 212 g/mol. The summed E-state index contributed by atoms with van der Waals surface area (Å²) in [6.07, 6.45) is 3.34. The van der Waals surface area contributed by atoms with E-state index in [0.717, 1.165) is 5.82 Å². The van der Waals surface area contributed by atoms with Crippen LogP contribution in [-0.4, -0.2) is 30.6 Å². The van der Waals surface area contributed by atoms with Crippen molar-refractivity contribution in [2.75, 3.05) is 30.9 Å². The molecule has 0 aromatic carbocycles. The van der Waals surface area contributed by atoms with Crippen molar-refractivity contribution >= 4 is 23.2 Å². The van der Waals surface area contributed by atoms with Gasteiger partial charge in [-0.1, -0.05) is 18.2 Å². The Hall–Kier alpha value is -1.29. The molecule has 4 nitrogen and oxygen atoms in total. The molecule has 0 bridgehead atoms. The Morgan fingerprint density at radius 3 is 2.86 bits per heavy atom. The molecule has 1 heterocycles. The minimum Gasteiger partial charge on any atom is -0.364 e. The molecule has 0 saturated carbocycles. The minimum absolute atomic E-state index is 0.493. The van der Waals surface area contributed by atoms with Crippen molar-refractivity contribution in [1.82, 2.24) is 9.97 Å². The Labute approximate surface area is 88.6 Å². The van der Waals surface area contributed by atoms with E-state index in [-0.39, 0.29) is 0 Å². The second-order valence-electron chi connectivity index (χ2n) is 3.03. The molecular formula is C9H13ClN4. The van der Waals surface area contributed by atoms with Gasteiger partial charge in [0.2, 0.25) is 0 Å². The third kappa shape index (κ3) is 3.22. The molecule has 0 aliphatic carbocycles. The third-order valence-corrected chi connectivity index (χ3v) is 1.67. The van der Waals surface area contributed by atoms with Gasteiger partial charge >= 0.3 is 0 Å². The van der Waals surface area contributed by atoms with Crippen molar-refractivity contribution in [3.63, 3.8) is 0 Å². The molecule has 1 N–H and O–H groups in total. The molecule has 0 spiro atoms. The van der Waals surface area contributed by atoms with Gasteiger partial charge in [-0.15, -0.1) is 0 Å². The first-order valence-electron chi connectivity index (χ1n) is 4.16. The van der Waals surface area contributed by atoms with E-state index in [2.05, 4.69) is 21.9 Å². The molecule has 1 aromatic heterocycles. The van der Waals surface area contributed by atoms with Gasteiger partial charge in [-0.2, -0.15) is 0 Å². The molecule has 0 fully saturated rings. The van der Waals surface area contributed by atoms with Gasteiger partial charge in [-0.3, -0.25) is 4.98 Å². The summed E-state index contributed by atoms with van der Waals surface area (Å²) < 4.78 is 0. The van der Waals surface area contributed by atoms with E-state index in [4.69, 9.17) is 11.6 Å². The smallest absolute Gasteiger partial charge is 0.149 e. The lowest BCUT2D eigenvalue weighted by Gasteiger charge is -2.11. The topological polar surface area (TPSA) is 41.1 Å². The molecule has 0 aliphatic rings. The fraction of sp³-hybridized carbons (Fsp3) is 0.333. The maximum absolute atomic E-state index is 5.61. The van der Waals surface area contributed by atoms with E-state index < -0.39 is 0 Å². The van der Waals surface area contributed by atoms with Crippen LogP contribution in [0.2, 0.25) is 0 Å². The van der Waals surface area contributed by atoms with E-state index in [9.17, 15) is 0 Å². The summed E-state index contributed by atoms with van der Waals surface area (Å²) in [5, 5.41) is 3.55. The highest BCUT2D eigenvalue weighted by Crippen LogP contribution is 2.09. The van der Waals surface area contributed by atoms with Crippen molar-refractivity contribution < 1.29 is 0 Å². The first-order valence-corrected chi connectivity index (χ1v) is 4.54. The zero-order valence-electron chi connectivity index (χ0n) is 8.29. The molecule has 1 rings (SSSR count). The van der Waals surface area contributed by atoms with Gasteiger partial charge in [-0.05, 0) is 0 Å². The number of anilines is 2. The van der Waals surface area contributed by atoms with Crippen molar-refractivity contribution in [1.29, 1.82) is 0 Å². The average Bonchev–Trinajstić information content (AvgIpc) is 2.15.